The fourth-order valence-electron chi connectivity index (χ4n) is 2.43. The van der Waals surface area contributed by atoms with Crippen molar-refractivity contribution in [3.05, 3.63) is 42.0 Å². The van der Waals surface area contributed by atoms with Gasteiger partial charge < -0.3 is 10.6 Å². The minimum Gasteiger partial charge on any atom is -0.337 e. The molecule has 1 aromatic rings. The summed E-state index contributed by atoms with van der Waals surface area (Å²) in [6.45, 7) is 1.49. The Balaban J connectivity index is 1.70. The molecule has 3 heteroatoms. The highest BCUT2D eigenvalue weighted by Crippen LogP contribution is 2.35. The number of carbonyl (C=O) groups is 1. The number of rotatable bonds is 2. The normalized spacial score (nSPS) is 21.4. The van der Waals surface area contributed by atoms with E-state index in [1.807, 2.05) is 23.1 Å². The zero-order valence-corrected chi connectivity index (χ0v) is 10.4. The van der Waals surface area contributed by atoms with Crippen molar-refractivity contribution in [2.45, 2.75) is 24.8 Å². The van der Waals surface area contributed by atoms with Gasteiger partial charge in [-0.05, 0) is 30.4 Å². The molecule has 94 valence electrons. The van der Waals surface area contributed by atoms with Crippen LogP contribution in [0.4, 0.5) is 0 Å². The van der Waals surface area contributed by atoms with E-state index in [4.69, 9.17) is 5.73 Å². The van der Waals surface area contributed by atoms with Crippen molar-refractivity contribution < 1.29 is 4.79 Å². The molecule has 0 radical (unpaired) electrons. The largest absolute Gasteiger partial charge is 0.337 e. The van der Waals surface area contributed by atoms with Gasteiger partial charge in [0.2, 0.25) is 5.91 Å². The first-order chi connectivity index (χ1) is 8.69. The van der Waals surface area contributed by atoms with Crippen LogP contribution < -0.4 is 5.73 Å². The Morgan fingerprint density at radius 2 is 1.94 bits per heavy atom. The molecule has 0 unspecified atom stereocenters. The quantitative estimate of drug-likeness (QED) is 0.859. The average Bonchev–Trinajstić information content (AvgIpc) is 3.18. The number of hydrogen-bond acceptors (Lipinski definition) is 2. The molecule has 1 aliphatic heterocycles. The van der Waals surface area contributed by atoms with Gasteiger partial charge in [0.25, 0.3) is 0 Å². The van der Waals surface area contributed by atoms with Crippen LogP contribution in [0.15, 0.2) is 36.4 Å². The van der Waals surface area contributed by atoms with Gasteiger partial charge in [0.1, 0.15) is 0 Å². The Hall–Kier alpha value is -1.61. The molecular weight excluding hydrogens is 224 g/mol. The van der Waals surface area contributed by atoms with Gasteiger partial charge in [0.15, 0.2) is 0 Å². The van der Waals surface area contributed by atoms with E-state index in [9.17, 15) is 4.79 Å². The summed E-state index contributed by atoms with van der Waals surface area (Å²) in [4.78, 5) is 14.0. The molecule has 1 amide bonds. The van der Waals surface area contributed by atoms with Crippen LogP contribution in [0.25, 0.3) is 5.57 Å². The molecule has 18 heavy (non-hydrogen) atoms. The summed E-state index contributed by atoms with van der Waals surface area (Å²) in [7, 11) is 0. The highest BCUT2D eigenvalue weighted by molar-refractivity contribution is 5.89. The van der Waals surface area contributed by atoms with Crippen molar-refractivity contribution in [3.8, 4) is 0 Å². The van der Waals surface area contributed by atoms with Gasteiger partial charge in [-0.15, -0.1) is 0 Å². The second kappa shape index (κ2) is 4.25. The SMILES string of the molecule is NC1(C(=O)N2CC=C(c3ccccc3)CC2)CC1. The molecular formula is C15H18N2O. The maximum Gasteiger partial charge on any atom is 0.242 e. The van der Waals surface area contributed by atoms with E-state index in [1.165, 1.54) is 11.1 Å². The monoisotopic (exact) mass is 242 g/mol. The van der Waals surface area contributed by atoms with Gasteiger partial charge in [-0.1, -0.05) is 36.4 Å². The molecule has 1 heterocycles. The first-order valence-electron chi connectivity index (χ1n) is 6.52. The molecule has 1 aromatic carbocycles. The highest BCUT2D eigenvalue weighted by atomic mass is 16.2. The summed E-state index contributed by atoms with van der Waals surface area (Å²) in [6.07, 6.45) is 4.77. The third-order valence-electron chi connectivity index (χ3n) is 3.86. The lowest BCUT2D eigenvalue weighted by Gasteiger charge is -2.29. The van der Waals surface area contributed by atoms with E-state index in [-0.39, 0.29) is 5.91 Å². The first-order valence-corrected chi connectivity index (χ1v) is 6.52. The van der Waals surface area contributed by atoms with E-state index in [0.29, 0.717) is 6.54 Å². The van der Waals surface area contributed by atoms with Crippen molar-refractivity contribution in [1.29, 1.82) is 0 Å². The van der Waals surface area contributed by atoms with Crippen LogP contribution in [0.5, 0.6) is 0 Å². The van der Waals surface area contributed by atoms with Crippen LogP contribution in [0.1, 0.15) is 24.8 Å². The van der Waals surface area contributed by atoms with Crippen molar-refractivity contribution >= 4 is 11.5 Å². The van der Waals surface area contributed by atoms with Crippen molar-refractivity contribution in [2.24, 2.45) is 5.73 Å². The third-order valence-corrected chi connectivity index (χ3v) is 3.86. The summed E-state index contributed by atoms with van der Waals surface area (Å²) in [6, 6.07) is 10.4. The van der Waals surface area contributed by atoms with Crippen molar-refractivity contribution in [3.63, 3.8) is 0 Å². The molecule has 1 saturated carbocycles. The maximum absolute atomic E-state index is 12.1. The van der Waals surface area contributed by atoms with Gasteiger partial charge in [-0.3, -0.25) is 4.79 Å². The summed E-state index contributed by atoms with van der Waals surface area (Å²) in [5.41, 5.74) is 8.02. The summed E-state index contributed by atoms with van der Waals surface area (Å²) < 4.78 is 0. The Morgan fingerprint density at radius 3 is 2.50 bits per heavy atom. The number of carbonyl (C=O) groups excluding carboxylic acids is 1. The minimum atomic E-state index is -0.530. The molecule has 0 saturated heterocycles. The maximum atomic E-state index is 12.1. The number of hydrogen-bond donors (Lipinski definition) is 1. The molecule has 3 nitrogen and oxygen atoms in total. The van der Waals surface area contributed by atoms with Crippen LogP contribution >= 0.6 is 0 Å². The molecule has 0 spiro atoms. The number of benzene rings is 1. The lowest BCUT2D eigenvalue weighted by atomic mass is 9.99. The predicted molar refractivity (Wildman–Crippen MR) is 71.8 cm³/mol. The van der Waals surface area contributed by atoms with Crippen LogP contribution in [-0.2, 0) is 4.79 Å². The second-order valence-corrected chi connectivity index (χ2v) is 5.25. The third kappa shape index (κ3) is 2.06. The van der Waals surface area contributed by atoms with Gasteiger partial charge in [-0.25, -0.2) is 0 Å². The zero-order valence-electron chi connectivity index (χ0n) is 10.4. The van der Waals surface area contributed by atoms with E-state index in [0.717, 1.165) is 25.8 Å². The van der Waals surface area contributed by atoms with Crippen LogP contribution in [0.2, 0.25) is 0 Å². The molecule has 0 atom stereocenters. The second-order valence-electron chi connectivity index (χ2n) is 5.25. The molecule has 0 aromatic heterocycles. The molecule has 3 rings (SSSR count). The smallest absolute Gasteiger partial charge is 0.242 e. The van der Waals surface area contributed by atoms with E-state index < -0.39 is 5.54 Å². The number of nitrogens with zero attached hydrogens (tertiary/aromatic N) is 1. The van der Waals surface area contributed by atoms with Gasteiger partial charge in [0.05, 0.1) is 5.54 Å². The molecule has 1 fully saturated rings. The van der Waals surface area contributed by atoms with E-state index in [2.05, 4.69) is 18.2 Å². The fraction of sp³-hybridized carbons (Fsp3) is 0.400. The van der Waals surface area contributed by atoms with Gasteiger partial charge >= 0.3 is 0 Å². The van der Waals surface area contributed by atoms with Crippen LogP contribution in [-0.4, -0.2) is 29.4 Å². The molecule has 2 N–H and O–H groups in total. The summed E-state index contributed by atoms with van der Waals surface area (Å²) in [5.74, 6) is 0.130. The number of nitrogens with two attached hydrogens (primary N) is 1. The Morgan fingerprint density at radius 1 is 1.22 bits per heavy atom. The zero-order chi connectivity index (χ0) is 12.6. The summed E-state index contributed by atoms with van der Waals surface area (Å²) in [5, 5.41) is 0. The van der Waals surface area contributed by atoms with Gasteiger partial charge in [-0.2, -0.15) is 0 Å². The van der Waals surface area contributed by atoms with Crippen LogP contribution in [0, 0.1) is 0 Å². The molecule has 0 bridgehead atoms. The minimum absolute atomic E-state index is 0.130. The summed E-state index contributed by atoms with van der Waals surface area (Å²) >= 11 is 0. The lowest BCUT2D eigenvalue weighted by Crippen LogP contribution is -2.47. The fourth-order valence-corrected chi connectivity index (χ4v) is 2.43. The van der Waals surface area contributed by atoms with E-state index in [1.54, 1.807) is 0 Å². The Kier molecular flexibility index (Phi) is 2.71. The Bertz CT molecular complexity index is 488. The van der Waals surface area contributed by atoms with Crippen molar-refractivity contribution in [1.82, 2.24) is 4.90 Å². The lowest BCUT2D eigenvalue weighted by molar-refractivity contribution is -0.133. The van der Waals surface area contributed by atoms with Crippen molar-refractivity contribution in [2.75, 3.05) is 13.1 Å². The van der Waals surface area contributed by atoms with Gasteiger partial charge in [0, 0.05) is 13.1 Å². The topological polar surface area (TPSA) is 46.3 Å². The van der Waals surface area contributed by atoms with Crippen LogP contribution in [0.3, 0.4) is 0 Å². The predicted octanol–water partition coefficient (Wildman–Crippen LogP) is 1.79. The average molecular weight is 242 g/mol. The molecule has 2 aliphatic rings. The standard InChI is InChI=1S/C15H18N2O/c16-15(8-9-15)14(18)17-10-6-13(7-11-17)12-4-2-1-3-5-12/h1-6H,7-11,16H2. The molecule has 1 aliphatic carbocycles. The van der Waals surface area contributed by atoms with E-state index >= 15 is 0 Å². The Labute approximate surface area is 107 Å². The number of amides is 1. The highest BCUT2D eigenvalue weighted by Gasteiger charge is 2.48. The first kappa shape index (κ1) is 11.5.